The van der Waals surface area contributed by atoms with Gasteiger partial charge in [0.1, 0.15) is 6.04 Å². The third-order valence-electron chi connectivity index (χ3n) is 2.70. The zero-order valence-electron chi connectivity index (χ0n) is 9.06. The molecule has 3 N–H and O–H groups in total. The van der Waals surface area contributed by atoms with Crippen LogP contribution in [0.1, 0.15) is 25.7 Å². The molecule has 0 bridgehead atoms. The maximum atomic E-state index is 11.7. The molecular weight excluding hydrogens is 232 g/mol. The Hall–Kier alpha value is -0.810. The highest BCUT2D eigenvalue weighted by Gasteiger charge is 2.37. The van der Waals surface area contributed by atoms with Crippen LogP contribution in [0.25, 0.3) is 0 Å². The van der Waals surface area contributed by atoms with Crippen molar-refractivity contribution in [1.29, 1.82) is 0 Å². The van der Waals surface area contributed by atoms with E-state index in [2.05, 4.69) is 0 Å². The molecule has 6 heteroatoms. The van der Waals surface area contributed by atoms with Gasteiger partial charge < -0.3 is 15.7 Å². The number of carbonyl (C=O) groups is 2. The van der Waals surface area contributed by atoms with Crippen LogP contribution in [-0.4, -0.2) is 46.4 Å². The molecular formula is C10H17ClN2O3. The number of nitrogens with zero attached hydrogens (tertiary/aromatic N) is 1. The summed E-state index contributed by atoms with van der Waals surface area (Å²) in [6, 6.07) is -0.654. The molecule has 0 spiro atoms. The highest BCUT2D eigenvalue weighted by atomic mass is 35.5. The molecule has 0 aliphatic carbocycles. The summed E-state index contributed by atoms with van der Waals surface area (Å²) in [7, 11) is 0. The molecule has 0 aromatic rings. The first kappa shape index (κ1) is 13.3. The predicted octanol–water partition coefficient (Wildman–Crippen LogP) is -0.157. The zero-order chi connectivity index (χ0) is 12.1. The van der Waals surface area contributed by atoms with Gasteiger partial charge in [-0.05, 0) is 12.8 Å². The number of rotatable bonds is 5. The molecule has 1 aliphatic heterocycles. The number of β-amino-alcohol motifs (C(OH)–C–C–N with tert-alkyl or cyclic N) is 1. The van der Waals surface area contributed by atoms with Crippen molar-refractivity contribution >= 4 is 23.4 Å². The van der Waals surface area contributed by atoms with Gasteiger partial charge in [0, 0.05) is 25.3 Å². The summed E-state index contributed by atoms with van der Waals surface area (Å²) < 4.78 is 0. The summed E-state index contributed by atoms with van der Waals surface area (Å²) in [6.45, 7) is 0.202. The van der Waals surface area contributed by atoms with E-state index in [0.717, 1.165) is 6.42 Å². The van der Waals surface area contributed by atoms with Crippen LogP contribution in [0.3, 0.4) is 0 Å². The first-order chi connectivity index (χ1) is 7.56. The summed E-state index contributed by atoms with van der Waals surface area (Å²) in [5.41, 5.74) is 5.18. The van der Waals surface area contributed by atoms with Crippen LogP contribution < -0.4 is 5.73 Å². The van der Waals surface area contributed by atoms with E-state index in [1.165, 1.54) is 4.90 Å². The van der Waals surface area contributed by atoms with Crippen molar-refractivity contribution < 1.29 is 14.7 Å². The molecule has 1 saturated heterocycles. The van der Waals surface area contributed by atoms with E-state index in [9.17, 15) is 14.7 Å². The van der Waals surface area contributed by atoms with Crippen molar-refractivity contribution in [3.8, 4) is 0 Å². The van der Waals surface area contributed by atoms with Crippen LogP contribution >= 0.6 is 11.6 Å². The van der Waals surface area contributed by atoms with Gasteiger partial charge in [-0.3, -0.25) is 9.59 Å². The molecule has 2 atom stereocenters. The Morgan fingerprint density at radius 1 is 1.44 bits per heavy atom. The summed E-state index contributed by atoms with van der Waals surface area (Å²) >= 11 is 5.51. The molecule has 0 aromatic heterocycles. The lowest BCUT2D eigenvalue weighted by Crippen LogP contribution is -2.43. The van der Waals surface area contributed by atoms with Crippen LogP contribution in [0.5, 0.6) is 0 Å². The van der Waals surface area contributed by atoms with E-state index in [-0.39, 0.29) is 18.9 Å². The van der Waals surface area contributed by atoms with Gasteiger partial charge in [-0.2, -0.15) is 0 Å². The Bertz CT molecular complexity index is 273. The van der Waals surface area contributed by atoms with Crippen LogP contribution in [0, 0.1) is 0 Å². The summed E-state index contributed by atoms with van der Waals surface area (Å²) in [5.74, 6) is -0.164. The molecule has 0 saturated carbocycles. The third kappa shape index (κ3) is 3.35. The van der Waals surface area contributed by atoms with E-state index in [0.29, 0.717) is 18.7 Å². The highest BCUT2D eigenvalue weighted by molar-refractivity contribution is 6.17. The topological polar surface area (TPSA) is 83.6 Å². The fourth-order valence-electron chi connectivity index (χ4n) is 1.87. The van der Waals surface area contributed by atoms with Gasteiger partial charge in [0.25, 0.3) is 0 Å². The van der Waals surface area contributed by atoms with Gasteiger partial charge in [0.15, 0.2) is 0 Å². The summed E-state index contributed by atoms with van der Waals surface area (Å²) in [6.07, 6.45) is 1.42. The second-order valence-corrected chi connectivity index (χ2v) is 4.38. The van der Waals surface area contributed by atoms with Gasteiger partial charge in [0.05, 0.1) is 6.10 Å². The molecule has 5 nitrogen and oxygen atoms in total. The number of carbonyl (C=O) groups excluding carboxylic acids is 2. The number of aliphatic hydroxyl groups excluding tert-OH is 1. The lowest BCUT2D eigenvalue weighted by atomic mass is 10.2. The van der Waals surface area contributed by atoms with Gasteiger partial charge in [-0.15, -0.1) is 11.6 Å². The van der Waals surface area contributed by atoms with Crippen molar-refractivity contribution in [2.75, 3.05) is 12.4 Å². The number of halogens is 1. The minimum atomic E-state index is -0.654. The van der Waals surface area contributed by atoms with E-state index in [4.69, 9.17) is 17.3 Å². The fourth-order valence-corrected chi connectivity index (χ4v) is 2.06. The summed E-state index contributed by atoms with van der Waals surface area (Å²) in [5, 5.41) is 9.42. The SMILES string of the molecule is NC(=O)C1CC(O)CN1C(=O)CCCCCl. The van der Waals surface area contributed by atoms with E-state index in [1.807, 2.05) is 0 Å². The molecule has 2 unspecified atom stereocenters. The number of nitrogens with two attached hydrogens (primary N) is 1. The smallest absolute Gasteiger partial charge is 0.240 e. The molecule has 16 heavy (non-hydrogen) atoms. The first-order valence-corrected chi connectivity index (χ1v) is 5.92. The maximum absolute atomic E-state index is 11.7. The third-order valence-corrected chi connectivity index (χ3v) is 2.97. The predicted molar refractivity (Wildman–Crippen MR) is 59.9 cm³/mol. The highest BCUT2D eigenvalue weighted by Crippen LogP contribution is 2.19. The lowest BCUT2D eigenvalue weighted by Gasteiger charge is -2.21. The average molecular weight is 249 g/mol. The van der Waals surface area contributed by atoms with E-state index in [1.54, 1.807) is 0 Å². The molecule has 1 rings (SSSR count). The van der Waals surface area contributed by atoms with E-state index >= 15 is 0 Å². The number of amides is 2. The Balaban J connectivity index is 2.50. The van der Waals surface area contributed by atoms with E-state index < -0.39 is 18.1 Å². The van der Waals surface area contributed by atoms with Gasteiger partial charge in [-0.25, -0.2) is 0 Å². The van der Waals surface area contributed by atoms with Crippen LogP contribution in [-0.2, 0) is 9.59 Å². The standard InChI is InChI=1S/C10H17ClN2O3/c11-4-2-1-3-9(15)13-6-7(14)5-8(13)10(12)16/h7-8,14H,1-6H2,(H2,12,16). The number of likely N-dealkylation sites (tertiary alicyclic amines) is 1. The quantitative estimate of drug-likeness (QED) is 0.524. The Labute approximate surface area is 99.5 Å². The number of hydrogen-bond acceptors (Lipinski definition) is 3. The molecule has 1 heterocycles. The Morgan fingerprint density at radius 2 is 2.12 bits per heavy atom. The Morgan fingerprint density at radius 3 is 2.69 bits per heavy atom. The Kier molecular flexibility index (Phi) is 5.02. The largest absolute Gasteiger partial charge is 0.391 e. The van der Waals surface area contributed by atoms with Crippen LogP contribution in [0.4, 0.5) is 0 Å². The minimum absolute atomic E-state index is 0.134. The maximum Gasteiger partial charge on any atom is 0.240 e. The number of alkyl halides is 1. The monoisotopic (exact) mass is 248 g/mol. The summed E-state index contributed by atoms with van der Waals surface area (Å²) in [4.78, 5) is 24.2. The number of aliphatic hydroxyl groups is 1. The minimum Gasteiger partial charge on any atom is -0.391 e. The van der Waals surface area contributed by atoms with Crippen LogP contribution in [0.15, 0.2) is 0 Å². The lowest BCUT2D eigenvalue weighted by molar-refractivity contribution is -0.137. The first-order valence-electron chi connectivity index (χ1n) is 5.39. The molecule has 2 amide bonds. The van der Waals surface area contributed by atoms with Crippen molar-refractivity contribution in [3.63, 3.8) is 0 Å². The number of primary amides is 1. The van der Waals surface area contributed by atoms with Crippen molar-refractivity contribution in [1.82, 2.24) is 4.90 Å². The normalized spacial score (nSPS) is 24.8. The van der Waals surface area contributed by atoms with Gasteiger partial charge in [-0.1, -0.05) is 0 Å². The molecule has 1 aliphatic rings. The van der Waals surface area contributed by atoms with Crippen molar-refractivity contribution in [2.45, 2.75) is 37.8 Å². The van der Waals surface area contributed by atoms with Gasteiger partial charge in [0.2, 0.25) is 11.8 Å². The molecule has 0 radical (unpaired) electrons. The zero-order valence-corrected chi connectivity index (χ0v) is 9.82. The molecule has 92 valence electrons. The molecule has 0 aromatic carbocycles. The van der Waals surface area contributed by atoms with Gasteiger partial charge >= 0.3 is 0 Å². The number of hydrogen-bond donors (Lipinski definition) is 2. The second kappa shape index (κ2) is 6.06. The average Bonchev–Trinajstić information content (AvgIpc) is 2.61. The second-order valence-electron chi connectivity index (χ2n) is 4.00. The number of unbranched alkanes of at least 4 members (excludes halogenated alkanes) is 1. The van der Waals surface area contributed by atoms with Crippen molar-refractivity contribution in [2.24, 2.45) is 5.73 Å². The fraction of sp³-hybridized carbons (Fsp3) is 0.800. The van der Waals surface area contributed by atoms with Crippen molar-refractivity contribution in [3.05, 3.63) is 0 Å². The molecule has 1 fully saturated rings. The van der Waals surface area contributed by atoms with Crippen LogP contribution in [0.2, 0.25) is 0 Å².